The van der Waals surface area contributed by atoms with Gasteiger partial charge in [0, 0.05) is 23.5 Å². The van der Waals surface area contributed by atoms with Crippen molar-refractivity contribution in [3.63, 3.8) is 0 Å². The summed E-state index contributed by atoms with van der Waals surface area (Å²) >= 11 is 0. The standard InChI is InChI=1S/C11H8N2O/c14-11-5-8-3-9-6-12-2-1-7(9)4-10(8)13-11/h1-4,6H,5H2,(H,13,14). The number of carbonyl (C=O) groups excluding carboxylic acids is 1. The maximum atomic E-state index is 11.2. The number of amides is 1. The molecule has 3 nitrogen and oxygen atoms in total. The Labute approximate surface area is 80.8 Å². The van der Waals surface area contributed by atoms with Gasteiger partial charge in [-0.1, -0.05) is 0 Å². The van der Waals surface area contributed by atoms with E-state index in [-0.39, 0.29) is 5.91 Å². The highest BCUT2D eigenvalue weighted by Gasteiger charge is 2.17. The predicted molar refractivity (Wildman–Crippen MR) is 54.1 cm³/mol. The lowest BCUT2D eigenvalue weighted by molar-refractivity contribution is -0.115. The molecular weight excluding hydrogens is 176 g/mol. The van der Waals surface area contributed by atoms with Gasteiger partial charge in [0.25, 0.3) is 0 Å². The SMILES string of the molecule is O=C1Cc2cc3cnccc3cc2N1. The largest absolute Gasteiger partial charge is 0.326 e. The molecule has 1 N–H and O–H groups in total. The second-order valence-corrected chi connectivity index (χ2v) is 3.46. The number of hydrogen-bond donors (Lipinski definition) is 1. The van der Waals surface area contributed by atoms with Crippen molar-refractivity contribution in [3.8, 4) is 0 Å². The summed E-state index contributed by atoms with van der Waals surface area (Å²) in [6.45, 7) is 0. The molecule has 0 unspecified atom stereocenters. The molecule has 0 aliphatic carbocycles. The van der Waals surface area contributed by atoms with Crippen molar-refractivity contribution in [2.45, 2.75) is 6.42 Å². The van der Waals surface area contributed by atoms with E-state index < -0.39 is 0 Å². The summed E-state index contributed by atoms with van der Waals surface area (Å²) in [7, 11) is 0. The first kappa shape index (κ1) is 7.50. The fourth-order valence-electron chi connectivity index (χ4n) is 1.81. The van der Waals surface area contributed by atoms with Gasteiger partial charge in [0.05, 0.1) is 6.42 Å². The van der Waals surface area contributed by atoms with Gasteiger partial charge >= 0.3 is 0 Å². The summed E-state index contributed by atoms with van der Waals surface area (Å²) in [6.07, 6.45) is 4.06. The topological polar surface area (TPSA) is 42.0 Å². The smallest absolute Gasteiger partial charge is 0.228 e. The molecule has 1 aliphatic heterocycles. The van der Waals surface area contributed by atoms with Crippen LogP contribution >= 0.6 is 0 Å². The van der Waals surface area contributed by atoms with Crippen LogP contribution in [0.3, 0.4) is 0 Å². The molecule has 1 aromatic heterocycles. The van der Waals surface area contributed by atoms with E-state index in [4.69, 9.17) is 0 Å². The number of benzene rings is 1. The minimum atomic E-state index is 0.0725. The molecule has 0 spiro atoms. The zero-order chi connectivity index (χ0) is 9.54. The average Bonchev–Trinajstić information content (AvgIpc) is 2.53. The lowest BCUT2D eigenvalue weighted by Gasteiger charge is -2.01. The number of hydrogen-bond acceptors (Lipinski definition) is 2. The van der Waals surface area contributed by atoms with Gasteiger partial charge in [-0.05, 0) is 29.1 Å². The van der Waals surface area contributed by atoms with E-state index in [1.54, 1.807) is 6.20 Å². The third-order valence-electron chi connectivity index (χ3n) is 2.49. The molecule has 0 atom stereocenters. The zero-order valence-corrected chi connectivity index (χ0v) is 7.45. The van der Waals surface area contributed by atoms with E-state index in [1.165, 1.54) is 0 Å². The summed E-state index contributed by atoms with van der Waals surface area (Å²) < 4.78 is 0. The summed E-state index contributed by atoms with van der Waals surface area (Å²) in [5.74, 6) is 0.0725. The number of rotatable bonds is 0. The van der Waals surface area contributed by atoms with Crippen molar-refractivity contribution in [2.75, 3.05) is 5.32 Å². The third-order valence-corrected chi connectivity index (χ3v) is 2.49. The maximum absolute atomic E-state index is 11.2. The first-order chi connectivity index (χ1) is 6.83. The average molecular weight is 184 g/mol. The Morgan fingerprint density at radius 2 is 2.21 bits per heavy atom. The van der Waals surface area contributed by atoms with Crippen LogP contribution in [0.5, 0.6) is 0 Å². The molecule has 2 aromatic rings. The Balaban J connectivity index is 2.31. The second kappa shape index (κ2) is 2.54. The minimum Gasteiger partial charge on any atom is -0.326 e. The van der Waals surface area contributed by atoms with Crippen molar-refractivity contribution in [2.24, 2.45) is 0 Å². The molecule has 0 radical (unpaired) electrons. The van der Waals surface area contributed by atoms with E-state index in [2.05, 4.69) is 10.3 Å². The van der Waals surface area contributed by atoms with Crippen molar-refractivity contribution >= 4 is 22.4 Å². The summed E-state index contributed by atoms with van der Waals surface area (Å²) in [4.78, 5) is 15.2. The first-order valence-electron chi connectivity index (χ1n) is 4.49. The molecule has 1 aliphatic rings. The highest BCUT2D eigenvalue weighted by atomic mass is 16.1. The van der Waals surface area contributed by atoms with Gasteiger partial charge in [0.15, 0.2) is 0 Å². The molecule has 0 bridgehead atoms. The van der Waals surface area contributed by atoms with Crippen LogP contribution in [0.25, 0.3) is 10.8 Å². The number of pyridine rings is 1. The lowest BCUT2D eigenvalue weighted by Crippen LogP contribution is -2.03. The summed E-state index contributed by atoms with van der Waals surface area (Å²) in [5.41, 5.74) is 2.00. The van der Waals surface area contributed by atoms with Gasteiger partial charge < -0.3 is 5.32 Å². The highest BCUT2D eigenvalue weighted by Crippen LogP contribution is 2.27. The molecule has 3 rings (SSSR count). The zero-order valence-electron chi connectivity index (χ0n) is 7.45. The third kappa shape index (κ3) is 0.988. The Morgan fingerprint density at radius 1 is 1.29 bits per heavy atom. The van der Waals surface area contributed by atoms with Gasteiger partial charge in [0.2, 0.25) is 5.91 Å². The van der Waals surface area contributed by atoms with Crippen molar-refractivity contribution in [1.29, 1.82) is 0 Å². The van der Waals surface area contributed by atoms with Crippen LogP contribution < -0.4 is 5.32 Å². The van der Waals surface area contributed by atoms with Crippen LogP contribution in [0.4, 0.5) is 5.69 Å². The molecule has 3 heteroatoms. The number of nitrogens with one attached hydrogen (secondary N) is 1. The van der Waals surface area contributed by atoms with Crippen LogP contribution in [-0.2, 0) is 11.2 Å². The molecule has 68 valence electrons. The van der Waals surface area contributed by atoms with E-state index in [0.29, 0.717) is 6.42 Å². The number of anilines is 1. The summed E-state index contributed by atoms with van der Waals surface area (Å²) in [6, 6.07) is 5.97. The fourth-order valence-corrected chi connectivity index (χ4v) is 1.81. The Morgan fingerprint density at radius 3 is 3.14 bits per heavy atom. The molecule has 14 heavy (non-hydrogen) atoms. The van der Waals surface area contributed by atoms with Crippen LogP contribution in [0.2, 0.25) is 0 Å². The molecule has 2 heterocycles. The van der Waals surface area contributed by atoms with E-state index in [0.717, 1.165) is 22.0 Å². The monoisotopic (exact) mass is 184 g/mol. The molecular formula is C11H8N2O. The first-order valence-corrected chi connectivity index (χ1v) is 4.49. The number of carbonyl (C=O) groups is 1. The second-order valence-electron chi connectivity index (χ2n) is 3.46. The van der Waals surface area contributed by atoms with Crippen molar-refractivity contribution in [1.82, 2.24) is 4.98 Å². The lowest BCUT2D eigenvalue weighted by atomic mass is 10.1. The van der Waals surface area contributed by atoms with Gasteiger partial charge in [-0.15, -0.1) is 0 Å². The van der Waals surface area contributed by atoms with Crippen LogP contribution in [0.15, 0.2) is 30.6 Å². The van der Waals surface area contributed by atoms with E-state index in [1.807, 2.05) is 24.4 Å². The Hall–Kier alpha value is -1.90. The van der Waals surface area contributed by atoms with Gasteiger partial charge in [0.1, 0.15) is 0 Å². The van der Waals surface area contributed by atoms with Crippen LogP contribution in [-0.4, -0.2) is 10.9 Å². The molecule has 1 amide bonds. The number of nitrogens with zero attached hydrogens (tertiary/aromatic N) is 1. The normalized spacial score (nSPS) is 14.1. The highest BCUT2D eigenvalue weighted by molar-refractivity contribution is 6.02. The van der Waals surface area contributed by atoms with Crippen molar-refractivity contribution < 1.29 is 4.79 Å². The predicted octanol–water partition coefficient (Wildman–Crippen LogP) is 1.73. The van der Waals surface area contributed by atoms with Crippen LogP contribution in [0.1, 0.15) is 5.56 Å². The van der Waals surface area contributed by atoms with Gasteiger partial charge in [-0.2, -0.15) is 0 Å². The van der Waals surface area contributed by atoms with E-state index in [9.17, 15) is 4.79 Å². The molecule has 0 fully saturated rings. The number of aromatic nitrogens is 1. The van der Waals surface area contributed by atoms with E-state index >= 15 is 0 Å². The Kier molecular flexibility index (Phi) is 1.36. The molecule has 0 saturated heterocycles. The fraction of sp³-hybridized carbons (Fsp3) is 0.0909. The Bertz CT molecular complexity index is 487. The summed E-state index contributed by atoms with van der Waals surface area (Å²) in [5, 5.41) is 5.03. The minimum absolute atomic E-state index is 0.0725. The molecule has 0 saturated carbocycles. The maximum Gasteiger partial charge on any atom is 0.228 e. The number of fused-ring (bicyclic) bond motifs is 2. The van der Waals surface area contributed by atoms with Gasteiger partial charge in [-0.3, -0.25) is 9.78 Å². The van der Waals surface area contributed by atoms with Crippen molar-refractivity contribution in [3.05, 3.63) is 36.2 Å². The quantitative estimate of drug-likeness (QED) is 0.677. The van der Waals surface area contributed by atoms with Gasteiger partial charge in [-0.25, -0.2) is 0 Å². The van der Waals surface area contributed by atoms with Crippen LogP contribution in [0, 0.1) is 0 Å². The molecule has 1 aromatic carbocycles.